The Hall–Kier alpha value is -1.82. The molecule has 3 heteroatoms. The highest BCUT2D eigenvalue weighted by Gasteiger charge is 2.14. The van der Waals surface area contributed by atoms with Crippen molar-refractivity contribution in [1.82, 2.24) is 0 Å². The van der Waals surface area contributed by atoms with Gasteiger partial charge in [-0.15, -0.1) is 0 Å². The van der Waals surface area contributed by atoms with Crippen LogP contribution in [0, 0.1) is 25.2 Å². The molecule has 0 bridgehead atoms. The summed E-state index contributed by atoms with van der Waals surface area (Å²) < 4.78 is 4.88. The van der Waals surface area contributed by atoms with Gasteiger partial charge >= 0.3 is 5.97 Å². The average Bonchev–Trinajstić information content (AvgIpc) is 2.22. The van der Waals surface area contributed by atoms with Crippen molar-refractivity contribution in [3.63, 3.8) is 0 Å². The van der Waals surface area contributed by atoms with E-state index in [2.05, 4.69) is 0 Å². The summed E-state index contributed by atoms with van der Waals surface area (Å²) in [6.45, 7) is 5.79. The van der Waals surface area contributed by atoms with E-state index in [1.807, 2.05) is 26.0 Å². The highest BCUT2D eigenvalue weighted by Crippen LogP contribution is 2.18. The molecule has 0 fully saturated rings. The Labute approximate surface area is 89.3 Å². The molecule has 0 saturated heterocycles. The molecule has 0 aromatic heterocycles. The zero-order chi connectivity index (χ0) is 11.4. The predicted molar refractivity (Wildman–Crippen MR) is 56.6 cm³/mol. The van der Waals surface area contributed by atoms with E-state index in [1.54, 1.807) is 13.0 Å². The molecule has 0 aliphatic rings. The van der Waals surface area contributed by atoms with Crippen molar-refractivity contribution in [1.29, 1.82) is 5.26 Å². The van der Waals surface area contributed by atoms with Crippen LogP contribution in [0.25, 0.3) is 0 Å². The van der Waals surface area contributed by atoms with Gasteiger partial charge in [0.2, 0.25) is 0 Å². The van der Waals surface area contributed by atoms with Gasteiger partial charge in [0, 0.05) is 0 Å². The minimum Gasteiger partial charge on any atom is -0.462 e. The predicted octanol–water partition coefficient (Wildman–Crippen LogP) is 2.35. The van der Waals surface area contributed by atoms with Gasteiger partial charge in [-0.2, -0.15) is 5.26 Å². The van der Waals surface area contributed by atoms with E-state index in [0.717, 1.165) is 11.1 Å². The van der Waals surface area contributed by atoms with E-state index in [9.17, 15) is 4.79 Å². The second-order valence-electron chi connectivity index (χ2n) is 3.26. The number of rotatable bonds is 2. The molecule has 15 heavy (non-hydrogen) atoms. The lowest BCUT2D eigenvalue weighted by atomic mass is 9.99. The normalized spacial score (nSPS) is 9.47. The Morgan fingerprint density at radius 2 is 2.13 bits per heavy atom. The molecule has 0 heterocycles. The molecule has 0 radical (unpaired) electrons. The number of esters is 1. The molecule has 1 rings (SSSR count). The summed E-state index contributed by atoms with van der Waals surface area (Å²) in [4.78, 5) is 11.5. The number of hydrogen-bond donors (Lipinski definition) is 0. The van der Waals surface area contributed by atoms with Gasteiger partial charge in [0.25, 0.3) is 0 Å². The van der Waals surface area contributed by atoms with Crippen molar-refractivity contribution in [3.8, 4) is 6.07 Å². The molecule has 3 nitrogen and oxygen atoms in total. The molecule has 0 atom stereocenters. The molecule has 1 aromatic carbocycles. The Bertz CT molecular complexity index is 430. The maximum Gasteiger partial charge on any atom is 0.339 e. The number of carbonyl (C=O) groups is 1. The molecular weight excluding hydrogens is 190 g/mol. The van der Waals surface area contributed by atoms with Crippen LogP contribution in [0.15, 0.2) is 12.1 Å². The summed E-state index contributed by atoms with van der Waals surface area (Å²) in [7, 11) is 0. The van der Waals surface area contributed by atoms with Crippen LogP contribution in [0.5, 0.6) is 0 Å². The lowest BCUT2D eigenvalue weighted by molar-refractivity contribution is 0.0526. The van der Waals surface area contributed by atoms with Gasteiger partial charge in [-0.3, -0.25) is 0 Å². The van der Waals surface area contributed by atoms with Crippen LogP contribution in [-0.2, 0) is 4.74 Å². The van der Waals surface area contributed by atoms with Crippen LogP contribution in [0.1, 0.15) is 34.0 Å². The minimum atomic E-state index is -0.433. The number of aryl methyl sites for hydroxylation is 1. The number of nitrogens with zero attached hydrogens (tertiary/aromatic N) is 1. The third-order valence-corrected chi connectivity index (χ3v) is 2.34. The van der Waals surface area contributed by atoms with Crippen molar-refractivity contribution in [3.05, 3.63) is 34.4 Å². The van der Waals surface area contributed by atoms with Crippen LogP contribution >= 0.6 is 0 Å². The number of nitriles is 1. The van der Waals surface area contributed by atoms with Crippen LogP contribution in [-0.4, -0.2) is 12.6 Å². The summed E-state index contributed by atoms with van der Waals surface area (Å²) in [5, 5.41) is 8.98. The zero-order valence-electron chi connectivity index (χ0n) is 9.13. The molecular formula is C12H13NO2. The monoisotopic (exact) mass is 203 g/mol. The van der Waals surface area contributed by atoms with Gasteiger partial charge < -0.3 is 4.74 Å². The topological polar surface area (TPSA) is 50.1 Å². The zero-order valence-corrected chi connectivity index (χ0v) is 9.13. The first kappa shape index (κ1) is 11.3. The Morgan fingerprint density at radius 3 is 2.67 bits per heavy atom. The van der Waals surface area contributed by atoms with Gasteiger partial charge in [0.05, 0.1) is 17.7 Å². The van der Waals surface area contributed by atoms with E-state index in [4.69, 9.17) is 10.00 Å². The van der Waals surface area contributed by atoms with Gasteiger partial charge in [0.1, 0.15) is 6.07 Å². The Kier molecular flexibility index (Phi) is 3.46. The van der Waals surface area contributed by atoms with E-state index in [-0.39, 0.29) is 0 Å². The molecule has 0 amide bonds. The van der Waals surface area contributed by atoms with E-state index in [1.165, 1.54) is 0 Å². The standard InChI is InChI=1S/C12H13NO2/c1-4-15-12(14)10-6-5-8(2)9(3)11(10)7-13/h5-6H,4H2,1-3H3. The van der Waals surface area contributed by atoms with Crippen molar-refractivity contribution >= 4 is 5.97 Å². The highest BCUT2D eigenvalue weighted by atomic mass is 16.5. The van der Waals surface area contributed by atoms with Crippen LogP contribution in [0.2, 0.25) is 0 Å². The van der Waals surface area contributed by atoms with E-state index < -0.39 is 5.97 Å². The van der Waals surface area contributed by atoms with Gasteiger partial charge in [-0.1, -0.05) is 6.07 Å². The molecule has 0 spiro atoms. The first-order valence-electron chi connectivity index (χ1n) is 4.79. The Balaban J connectivity index is 3.26. The summed E-state index contributed by atoms with van der Waals surface area (Å²) in [6.07, 6.45) is 0. The summed E-state index contributed by atoms with van der Waals surface area (Å²) in [5.74, 6) is -0.433. The third kappa shape index (κ3) is 2.16. The summed E-state index contributed by atoms with van der Waals surface area (Å²) in [6, 6.07) is 5.50. The second kappa shape index (κ2) is 4.61. The maximum absolute atomic E-state index is 11.5. The average molecular weight is 203 g/mol. The van der Waals surface area contributed by atoms with Crippen molar-refractivity contribution < 1.29 is 9.53 Å². The van der Waals surface area contributed by atoms with Crippen molar-refractivity contribution in [2.75, 3.05) is 6.61 Å². The molecule has 0 aliphatic carbocycles. The third-order valence-electron chi connectivity index (χ3n) is 2.34. The fourth-order valence-corrected chi connectivity index (χ4v) is 1.34. The van der Waals surface area contributed by atoms with Crippen LogP contribution in [0.3, 0.4) is 0 Å². The highest BCUT2D eigenvalue weighted by molar-refractivity contribution is 5.92. The molecule has 0 aliphatic heterocycles. The van der Waals surface area contributed by atoms with Gasteiger partial charge in [0.15, 0.2) is 0 Å². The number of carbonyl (C=O) groups excluding carboxylic acids is 1. The smallest absolute Gasteiger partial charge is 0.339 e. The molecule has 0 N–H and O–H groups in total. The summed E-state index contributed by atoms with van der Waals surface area (Å²) in [5.41, 5.74) is 2.60. The van der Waals surface area contributed by atoms with Crippen LogP contribution in [0.4, 0.5) is 0 Å². The first-order chi connectivity index (χ1) is 7.11. The lowest BCUT2D eigenvalue weighted by Gasteiger charge is -2.08. The van der Waals surface area contributed by atoms with Gasteiger partial charge in [-0.25, -0.2) is 4.79 Å². The second-order valence-corrected chi connectivity index (χ2v) is 3.26. The molecule has 1 aromatic rings. The number of benzene rings is 1. The quantitative estimate of drug-likeness (QED) is 0.693. The lowest BCUT2D eigenvalue weighted by Crippen LogP contribution is -2.08. The van der Waals surface area contributed by atoms with E-state index >= 15 is 0 Å². The fourth-order valence-electron chi connectivity index (χ4n) is 1.34. The molecule has 0 saturated carbocycles. The summed E-state index contributed by atoms with van der Waals surface area (Å²) >= 11 is 0. The number of ether oxygens (including phenoxy) is 1. The first-order valence-corrected chi connectivity index (χ1v) is 4.79. The Morgan fingerprint density at radius 1 is 1.47 bits per heavy atom. The van der Waals surface area contributed by atoms with Crippen LogP contribution < -0.4 is 0 Å². The molecule has 0 unspecified atom stereocenters. The van der Waals surface area contributed by atoms with Crippen molar-refractivity contribution in [2.24, 2.45) is 0 Å². The fraction of sp³-hybridized carbons (Fsp3) is 0.333. The minimum absolute atomic E-state index is 0.316. The maximum atomic E-state index is 11.5. The largest absolute Gasteiger partial charge is 0.462 e. The molecule has 78 valence electrons. The van der Waals surface area contributed by atoms with Gasteiger partial charge in [-0.05, 0) is 38.0 Å². The van der Waals surface area contributed by atoms with E-state index in [0.29, 0.717) is 17.7 Å². The number of hydrogen-bond acceptors (Lipinski definition) is 3. The van der Waals surface area contributed by atoms with Crippen molar-refractivity contribution in [2.45, 2.75) is 20.8 Å². The SMILES string of the molecule is CCOC(=O)c1ccc(C)c(C)c1C#N.